The summed E-state index contributed by atoms with van der Waals surface area (Å²) in [6.45, 7) is 3.87. The molecule has 0 saturated carbocycles. The standard InChI is InChI=1S/C14H20N/c1-15(11-5-6-12-15)13-7-10-14-8-3-2-4-9-14/h2-4,7-10H,5-6,11-13H2,1H3/q+1. The molecule has 15 heavy (non-hydrogen) atoms. The van der Waals surface area contributed by atoms with E-state index in [9.17, 15) is 0 Å². The number of rotatable bonds is 3. The molecule has 1 aromatic rings. The predicted octanol–water partition coefficient (Wildman–Crippen LogP) is 2.94. The maximum atomic E-state index is 2.36. The smallest absolute Gasteiger partial charge is 0.0974 e. The molecule has 0 N–H and O–H groups in total. The summed E-state index contributed by atoms with van der Waals surface area (Å²) in [5, 5.41) is 0. The van der Waals surface area contributed by atoms with Gasteiger partial charge in [-0.1, -0.05) is 36.4 Å². The van der Waals surface area contributed by atoms with Crippen molar-refractivity contribution in [1.29, 1.82) is 0 Å². The van der Waals surface area contributed by atoms with E-state index in [0.717, 1.165) is 0 Å². The number of likely N-dealkylation sites (N-methyl/N-ethyl adjacent to an activating group) is 1. The van der Waals surface area contributed by atoms with Crippen molar-refractivity contribution in [3.8, 4) is 0 Å². The summed E-state index contributed by atoms with van der Waals surface area (Å²) >= 11 is 0. The largest absolute Gasteiger partial charge is 0.323 e. The average molecular weight is 202 g/mol. The van der Waals surface area contributed by atoms with Crippen molar-refractivity contribution in [3.05, 3.63) is 42.0 Å². The van der Waals surface area contributed by atoms with Crippen LogP contribution in [-0.4, -0.2) is 31.2 Å². The third kappa shape index (κ3) is 2.93. The minimum Gasteiger partial charge on any atom is -0.323 e. The van der Waals surface area contributed by atoms with E-state index in [4.69, 9.17) is 0 Å². The zero-order valence-electron chi connectivity index (χ0n) is 9.52. The summed E-state index contributed by atoms with van der Waals surface area (Å²) in [5.41, 5.74) is 1.31. The first-order valence-electron chi connectivity index (χ1n) is 5.84. The molecule has 0 radical (unpaired) electrons. The van der Waals surface area contributed by atoms with Crippen molar-refractivity contribution in [2.75, 3.05) is 26.7 Å². The van der Waals surface area contributed by atoms with Crippen LogP contribution in [0.3, 0.4) is 0 Å². The van der Waals surface area contributed by atoms with Crippen molar-refractivity contribution >= 4 is 6.08 Å². The molecule has 0 atom stereocenters. The third-order valence-electron chi connectivity index (χ3n) is 3.30. The Balaban J connectivity index is 1.90. The SMILES string of the molecule is C[N+]1(CC=Cc2ccccc2)CCCC1. The molecule has 0 spiro atoms. The summed E-state index contributed by atoms with van der Waals surface area (Å²) in [6, 6.07) is 10.5. The van der Waals surface area contributed by atoms with Gasteiger partial charge in [-0.15, -0.1) is 0 Å². The Hall–Kier alpha value is -1.08. The predicted molar refractivity (Wildman–Crippen MR) is 65.5 cm³/mol. The minimum absolute atomic E-state index is 1.18. The van der Waals surface area contributed by atoms with Gasteiger partial charge in [0.2, 0.25) is 0 Å². The van der Waals surface area contributed by atoms with Gasteiger partial charge in [0.15, 0.2) is 0 Å². The molecule has 1 nitrogen and oxygen atoms in total. The second kappa shape index (κ2) is 4.63. The lowest BCUT2D eigenvalue weighted by molar-refractivity contribution is -0.891. The van der Waals surface area contributed by atoms with E-state index in [1.165, 1.54) is 42.5 Å². The second-order valence-electron chi connectivity index (χ2n) is 4.77. The maximum Gasteiger partial charge on any atom is 0.0974 e. The first-order valence-corrected chi connectivity index (χ1v) is 5.84. The van der Waals surface area contributed by atoms with E-state index in [2.05, 4.69) is 49.5 Å². The van der Waals surface area contributed by atoms with Gasteiger partial charge in [0, 0.05) is 12.8 Å². The molecule has 1 aliphatic rings. The molecule has 0 aliphatic carbocycles. The minimum atomic E-state index is 1.18. The van der Waals surface area contributed by atoms with Gasteiger partial charge < -0.3 is 4.48 Å². The van der Waals surface area contributed by atoms with E-state index >= 15 is 0 Å². The fraction of sp³-hybridized carbons (Fsp3) is 0.429. The Morgan fingerprint density at radius 2 is 1.80 bits per heavy atom. The van der Waals surface area contributed by atoms with Gasteiger partial charge in [-0.2, -0.15) is 0 Å². The van der Waals surface area contributed by atoms with Gasteiger partial charge in [0.05, 0.1) is 26.7 Å². The molecule has 1 heterocycles. The highest BCUT2D eigenvalue weighted by Crippen LogP contribution is 2.16. The van der Waals surface area contributed by atoms with E-state index in [1.807, 2.05) is 0 Å². The molecular formula is C14H20N+. The summed E-state index contributed by atoms with van der Waals surface area (Å²) < 4.78 is 1.23. The molecule has 1 aromatic carbocycles. The normalized spacial score (nSPS) is 19.8. The maximum absolute atomic E-state index is 2.36. The fourth-order valence-electron chi connectivity index (χ4n) is 2.29. The van der Waals surface area contributed by atoms with Crippen molar-refractivity contribution < 1.29 is 4.48 Å². The second-order valence-corrected chi connectivity index (χ2v) is 4.77. The van der Waals surface area contributed by atoms with Crippen LogP contribution < -0.4 is 0 Å². The molecular weight excluding hydrogens is 182 g/mol. The van der Waals surface area contributed by atoms with Gasteiger partial charge in [-0.05, 0) is 11.6 Å². The van der Waals surface area contributed by atoms with Crippen LogP contribution in [0.5, 0.6) is 0 Å². The van der Waals surface area contributed by atoms with Crippen molar-refractivity contribution in [2.45, 2.75) is 12.8 Å². The molecule has 1 saturated heterocycles. The van der Waals surface area contributed by atoms with Gasteiger partial charge >= 0.3 is 0 Å². The molecule has 80 valence electrons. The molecule has 0 unspecified atom stereocenters. The first-order chi connectivity index (χ1) is 7.29. The summed E-state index contributed by atoms with van der Waals surface area (Å²) in [5.74, 6) is 0. The zero-order valence-corrected chi connectivity index (χ0v) is 9.52. The van der Waals surface area contributed by atoms with Crippen LogP contribution in [0.1, 0.15) is 18.4 Å². The highest BCUT2D eigenvalue weighted by atomic mass is 15.3. The lowest BCUT2D eigenvalue weighted by Gasteiger charge is -2.27. The topological polar surface area (TPSA) is 0 Å². The van der Waals surface area contributed by atoms with Crippen LogP contribution in [0.4, 0.5) is 0 Å². The molecule has 0 bridgehead atoms. The van der Waals surface area contributed by atoms with Gasteiger partial charge in [-0.25, -0.2) is 0 Å². The quantitative estimate of drug-likeness (QED) is 0.661. The van der Waals surface area contributed by atoms with Crippen LogP contribution in [-0.2, 0) is 0 Å². The average Bonchev–Trinajstić information content (AvgIpc) is 2.67. The van der Waals surface area contributed by atoms with E-state index in [1.54, 1.807) is 0 Å². The Kier molecular flexibility index (Phi) is 3.22. The van der Waals surface area contributed by atoms with E-state index < -0.39 is 0 Å². The molecule has 1 aliphatic heterocycles. The van der Waals surface area contributed by atoms with Crippen molar-refractivity contribution in [2.24, 2.45) is 0 Å². The van der Waals surface area contributed by atoms with Gasteiger partial charge in [0.25, 0.3) is 0 Å². The zero-order chi connectivity index (χ0) is 10.6. The number of benzene rings is 1. The lowest BCUT2D eigenvalue weighted by Crippen LogP contribution is -2.40. The van der Waals surface area contributed by atoms with Crippen LogP contribution in [0.25, 0.3) is 6.08 Å². The van der Waals surface area contributed by atoms with E-state index in [-0.39, 0.29) is 0 Å². The Morgan fingerprint density at radius 1 is 1.13 bits per heavy atom. The fourth-order valence-corrected chi connectivity index (χ4v) is 2.29. The Bertz CT molecular complexity index is 320. The molecule has 0 aromatic heterocycles. The monoisotopic (exact) mass is 202 g/mol. The van der Waals surface area contributed by atoms with Crippen molar-refractivity contribution in [1.82, 2.24) is 0 Å². The van der Waals surface area contributed by atoms with Crippen LogP contribution in [0.15, 0.2) is 36.4 Å². The number of nitrogens with zero attached hydrogens (tertiary/aromatic N) is 1. The molecule has 1 heteroatoms. The highest BCUT2D eigenvalue weighted by molar-refractivity contribution is 5.48. The molecule has 2 rings (SSSR count). The van der Waals surface area contributed by atoms with Crippen molar-refractivity contribution in [3.63, 3.8) is 0 Å². The Morgan fingerprint density at radius 3 is 2.47 bits per heavy atom. The summed E-state index contributed by atoms with van der Waals surface area (Å²) in [6.07, 6.45) is 7.35. The number of hydrogen-bond donors (Lipinski definition) is 0. The third-order valence-corrected chi connectivity index (χ3v) is 3.30. The van der Waals surface area contributed by atoms with Gasteiger partial charge in [0.1, 0.15) is 0 Å². The van der Waals surface area contributed by atoms with E-state index in [0.29, 0.717) is 0 Å². The first kappa shape index (κ1) is 10.4. The summed E-state index contributed by atoms with van der Waals surface area (Å²) in [7, 11) is 2.36. The molecule has 0 amide bonds. The number of hydrogen-bond acceptors (Lipinski definition) is 0. The van der Waals surface area contributed by atoms with Gasteiger partial charge in [-0.3, -0.25) is 0 Å². The summed E-state index contributed by atoms with van der Waals surface area (Å²) in [4.78, 5) is 0. The van der Waals surface area contributed by atoms with Crippen LogP contribution in [0, 0.1) is 0 Å². The Labute approximate surface area is 92.6 Å². The van der Waals surface area contributed by atoms with Crippen LogP contribution >= 0.6 is 0 Å². The van der Waals surface area contributed by atoms with Crippen LogP contribution in [0.2, 0.25) is 0 Å². The highest BCUT2D eigenvalue weighted by Gasteiger charge is 2.24. The number of quaternary nitrogens is 1. The molecule has 1 fully saturated rings. The lowest BCUT2D eigenvalue weighted by atomic mass is 10.2. The number of likely N-dealkylation sites (tertiary alicyclic amines) is 1.